The van der Waals surface area contributed by atoms with Crippen LogP contribution in [0, 0.1) is 6.92 Å². The maximum Gasteiger partial charge on any atom is 0.256 e. The minimum Gasteiger partial charge on any atom is -0.473 e. The number of fused-ring (bicyclic) bond motifs is 1. The Bertz CT molecular complexity index is 950. The molecule has 0 fully saturated rings. The lowest BCUT2D eigenvalue weighted by atomic mass is 10.1. The Hall–Kier alpha value is -3.35. The van der Waals surface area contributed by atoms with Crippen LogP contribution in [-0.4, -0.2) is 22.8 Å². The predicted octanol–water partition coefficient (Wildman–Crippen LogP) is 2.32. The zero-order valence-electron chi connectivity index (χ0n) is 14.5. The molecule has 1 atom stereocenters. The molecule has 0 bridgehead atoms. The van der Waals surface area contributed by atoms with Crippen molar-refractivity contribution in [3.63, 3.8) is 0 Å². The van der Waals surface area contributed by atoms with Gasteiger partial charge in [-0.2, -0.15) is 0 Å². The zero-order valence-corrected chi connectivity index (χ0v) is 14.5. The minimum atomic E-state index is -0.789. The van der Waals surface area contributed by atoms with E-state index in [0.717, 1.165) is 5.56 Å². The Labute approximate surface area is 150 Å². The summed E-state index contributed by atoms with van der Waals surface area (Å²) in [6, 6.07) is 10.5. The molecule has 3 aromatic rings. The van der Waals surface area contributed by atoms with E-state index in [0.29, 0.717) is 34.8 Å². The molecule has 26 heavy (non-hydrogen) atoms. The Morgan fingerprint density at radius 2 is 2.04 bits per heavy atom. The molecule has 2 aromatic heterocycles. The molecule has 3 N–H and O–H groups in total. The van der Waals surface area contributed by atoms with E-state index in [-0.39, 0.29) is 0 Å². The number of pyridine rings is 1. The van der Waals surface area contributed by atoms with Gasteiger partial charge in [-0.1, -0.05) is 30.3 Å². The van der Waals surface area contributed by atoms with Gasteiger partial charge in [0.1, 0.15) is 18.4 Å². The summed E-state index contributed by atoms with van der Waals surface area (Å²) >= 11 is 0. The van der Waals surface area contributed by atoms with Crippen LogP contribution < -0.4 is 15.8 Å². The van der Waals surface area contributed by atoms with Crippen LogP contribution in [0.15, 0.2) is 47.0 Å². The molecule has 2 amide bonds. The highest BCUT2D eigenvalue weighted by Crippen LogP contribution is 2.28. The molecule has 134 valence electrons. The van der Waals surface area contributed by atoms with E-state index in [1.165, 1.54) is 13.1 Å². The number of amides is 2. The Kier molecular flexibility index (Phi) is 4.88. The summed E-state index contributed by atoms with van der Waals surface area (Å²) in [4.78, 5) is 27.9. The number of carbonyl (C=O) groups excluding carboxylic acids is 2. The highest BCUT2D eigenvalue weighted by Gasteiger charge is 2.22. The van der Waals surface area contributed by atoms with Crippen molar-refractivity contribution in [1.29, 1.82) is 0 Å². The molecule has 2 heterocycles. The van der Waals surface area contributed by atoms with Crippen LogP contribution in [0.2, 0.25) is 0 Å². The number of primary amides is 1. The Morgan fingerprint density at radius 1 is 1.31 bits per heavy atom. The van der Waals surface area contributed by atoms with Gasteiger partial charge in [0, 0.05) is 11.5 Å². The number of nitrogens with zero attached hydrogens (tertiary/aromatic N) is 1. The van der Waals surface area contributed by atoms with Crippen LogP contribution in [0.3, 0.4) is 0 Å². The number of nitrogens with two attached hydrogens (primary N) is 1. The van der Waals surface area contributed by atoms with Crippen molar-refractivity contribution in [2.45, 2.75) is 26.5 Å². The first-order chi connectivity index (χ1) is 12.5. The van der Waals surface area contributed by atoms with Crippen LogP contribution in [0.4, 0.5) is 0 Å². The molecule has 1 aromatic carbocycles. The quantitative estimate of drug-likeness (QED) is 0.707. The van der Waals surface area contributed by atoms with Gasteiger partial charge < -0.3 is 20.2 Å². The van der Waals surface area contributed by atoms with Crippen LogP contribution in [0.5, 0.6) is 5.88 Å². The molecule has 0 aliphatic carbocycles. The molecule has 1 unspecified atom stereocenters. The lowest BCUT2D eigenvalue weighted by molar-refractivity contribution is -0.119. The van der Waals surface area contributed by atoms with Gasteiger partial charge in [0.25, 0.3) is 5.91 Å². The monoisotopic (exact) mass is 353 g/mol. The van der Waals surface area contributed by atoms with Gasteiger partial charge in [-0.15, -0.1) is 0 Å². The van der Waals surface area contributed by atoms with E-state index in [1.807, 2.05) is 30.3 Å². The number of hydrogen-bond acceptors (Lipinski definition) is 5. The van der Waals surface area contributed by atoms with Crippen molar-refractivity contribution in [3.8, 4) is 5.88 Å². The molecule has 0 aliphatic heterocycles. The number of nitrogens with one attached hydrogen (secondary N) is 1. The Balaban J connectivity index is 1.86. The predicted molar refractivity (Wildman–Crippen MR) is 95.6 cm³/mol. The van der Waals surface area contributed by atoms with E-state index < -0.39 is 17.9 Å². The molecule has 7 nitrogen and oxygen atoms in total. The summed E-state index contributed by atoms with van der Waals surface area (Å²) in [5.74, 6) is -0.250. The highest BCUT2D eigenvalue weighted by atomic mass is 16.5. The van der Waals surface area contributed by atoms with E-state index >= 15 is 0 Å². The SMILES string of the molecule is Cc1oc2cnc(OCc3ccccc3)cc2c1C(=O)NC(C)C(N)=O. The number of aryl methyl sites for hydroxylation is 1. The first-order valence-electron chi connectivity index (χ1n) is 8.11. The van der Waals surface area contributed by atoms with Crippen LogP contribution in [-0.2, 0) is 11.4 Å². The van der Waals surface area contributed by atoms with Crippen molar-refractivity contribution in [2.24, 2.45) is 5.73 Å². The lowest BCUT2D eigenvalue weighted by Crippen LogP contribution is -2.42. The maximum absolute atomic E-state index is 12.5. The molecular formula is C19H19N3O4. The second kappa shape index (κ2) is 7.26. The second-order valence-electron chi connectivity index (χ2n) is 5.92. The molecule has 0 spiro atoms. The smallest absolute Gasteiger partial charge is 0.256 e. The number of carbonyl (C=O) groups is 2. The minimum absolute atomic E-state index is 0.333. The lowest BCUT2D eigenvalue weighted by Gasteiger charge is -2.10. The number of furan rings is 1. The molecule has 0 saturated heterocycles. The number of benzene rings is 1. The van der Waals surface area contributed by atoms with Gasteiger partial charge in [-0.05, 0) is 19.4 Å². The molecule has 3 rings (SSSR count). The third-order valence-electron chi connectivity index (χ3n) is 3.96. The van der Waals surface area contributed by atoms with Crippen molar-refractivity contribution >= 4 is 22.8 Å². The normalized spacial score (nSPS) is 11.9. The van der Waals surface area contributed by atoms with Crippen molar-refractivity contribution in [3.05, 3.63) is 59.5 Å². The number of rotatable bonds is 6. The maximum atomic E-state index is 12.5. The largest absolute Gasteiger partial charge is 0.473 e. The summed E-state index contributed by atoms with van der Waals surface area (Å²) in [5.41, 5.74) is 7.00. The van der Waals surface area contributed by atoms with Crippen molar-refractivity contribution < 1.29 is 18.7 Å². The fourth-order valence-electron chi connectivity index (χ4n) is 2.54. The van der Waals surface area contributed by atoms with Gasteiger partial charge in [-0.25, -0.2) is 4.98 Å². The standard InChI is InChI=1S/C19H19N3O4/c1-11(18(20)23)22-19(24)17-12(2)26-15-9-21-16(8-14(15)17)25-10-13-6-4-3-5-7-13/h3-9,11H,10H2,1-2H3,(H2,20,23)(H,22,24). The fraction of sp³-hybridized carbons (Fsp3) is 0.211. The van der Waals surface area contributed by atoms with Crippen LogP contribution in [0.1, 0.15) is 28.6 Å². The number of aromatic nitrogens is 1. The second-order valence-corrected chi connectivity index (χ2v) is 5.92. The molecule has 0 aliphatic rings. The summed E-state index contributed by atoms with van der Waals surface area (Å²) in [6.45, 7) is 3.55. The zero-order chi connectivity index (χ0) is 18.7. The molecule has 7 heteroatoms. The third kappa shape index (κ3) is 3.66. The van der Waals surface area contributed by atoms with Crippen molar-refractivity contribution in [1.82, 2.24) is 10.3 Å². The average Bonchev–Trinajstić information content (AvgIpc) is 2.95. The van der Waals surface area contributed by atoms with E-state index in [1.54, 1.807) is 13.0 Å². The molecular weight excluding hydrogens is 334 g/mol. The molecule has 0 radical (unpaired) electrons. The average molecular weight is 353 g/mol. The highest BCUT2D eigenvalue weighted by molar-refractivity contribution is 6.08. The molecule has 0 saturated carbocycles. The number of ether oxygens (including phenoxy) is 1. The topological polar surface area (TPSA) is 107 Å². The first kappa shape index (κ1) is 17.5. The first-order valence-corrected chi connectivity index (χ1v) is 8.11. The Morgan fingerprint density at radius 3 is 2.73 bits per heavy atom. The van der Waals surface area contributed by atoms with Gasteiger partial charge in [0.15, 0.2) is 5.58 Å². The summed E-state index contributed by atoms with van der Waals surface area (Å²) in [6.07, 6.45) is 1.51. The fourth-order valence-corrected chi connectivity index (χ4v) is 2.54. The van der Waals surface area contributed by atoms with Gasteiger partial charge >= 0.3 is 0 Å². The van der Waals surface area contributed by atoms with Crippen molar-refractivity contribution in [2.75, 3.05) is 0 Å². The van der Waals surface area contributed by atoms with Crippen LogP contribution in [0.25, 0.3) is 11.0 Å². The van der Waals surface area contributed by atoms with Gasteiger partial charge in [0.05, 0.1) is 11.8 Å². The summed E-state index contributed by atoms with van der Waals surface area (Å²) < 4.78 is 11.3. The van der Waals surface area contributed by atoms with E-state index in [4.69, 9.17) is 14.9 Å². The van der Waals surface area contributed by atoms with Gasteiger partial charge in [-0.3, -0.25) is 9.59 Å². The number of hydrogen-bond donors (Lipinski definition) is 2. The van der Waals surface area contributed by atoms with Gasteiger partial charge in [0.2, 0.25) is 11.8 Å². The third-order valence-corrected chi connectivity index (χ3v) is 3.96. The van der Waals surface area contributed by atoms with Crippen LogP contribution >= 0.6 is 0 Å². The summed E-state index contributed by atoms with van der Waals surface area (Å²) in [7, 11) is 0. The van der Waals surface area contributed by atoms with E-state index in [9.17, 15) is 9.59 Å². The van der Waals surface area contributed by atoms with E-state index in [2.05, 4.69) is 10.3 Å². The summed E-state index contributed by atoms with van der Waals surface area (Å²) in [5, 5.41) is 3.12.